The van der Waals surface area contributed by atoms with E-state index in [-0.39, 0.29) is 11.9 Å². The van der Waals surface area contributed by atoms with Gasteiger partial charge in [0.1, 0.15) is 23.2 Å². The Morgan fingerprint density at radius 1 is 1.36 bits per heavy atom. The lowest BCUT2D eigenvalue weighted by molar-refractivity contribution is -0.129. The van der Waals surface area contributed by atoms with Gasteiger partial charge in [0.05, 0.1) is 0 Å². The SMILES string of the molecule is CC(Nc1c(-c2ccsc2)nc2ccccn12)C(=O)N(C)C. The summed E-state index contributed by atoms with van der Waals surface area (Å²) in [5.74, 6) is 0.874. The van der Waals surface area contributed by atoms with Gasteiger partial charge in [0.2, 0.25) is 5.91 Å². The zero-order valence-corrected chi connectivity index (χ0v) is 13.6. The normalized spacial score (nSPS) is 12.3. The van der Waals surface area contributed by atoms with Crippen molar-refractivity contribution in [1.82, 2.24) is 14.3 Å². The molecule has 0 fully saturated rings. The summed E-state index contributed by atoms with van der Waals surface area (Å²) in [4.78, 5) is 18.4. The molecule has 0 spiro atoms. The van der Waals surface area contributed by atoms with E-state index < -0.39 is 0 Å². The molecule has 0 aliphatic rings. The molecule has 3 aromatic heterocycles. The molecule has 114 valence electrons. The molecule has 6 heteroatoms. The number of carbonyl (C=O) groups excluding carboxylic acids is 1. The van der Waals surface area contributed by atoms with Gasteiger partial charge >= 0.3 is 0 Å². The second-order valence-corrected chi connectivity index (χ2v) is 6.13. The summed E-state index contributed by atoms with van der Waals surface area (Å²) in [7, 11) is 3.52. The van der Waals surface area contributed by atoms with Crippen LogP contribution in [0, 0.1) is 0 Å². The third-order valence-corrected chi connectivity index (χ3v) is 4.17. The fraction of sp³-hybridized carbons (Fsp3) is 0.250. The van der Waals surface area contributed by atoms with E-state index in [0.29, 0.717) is 0 Å². The molecule has 3 aromatic rings. The number of amides is 1. The van der Waals surface area contributed by atoms with Gasteiger partial charge in [0.15, 0.2) is 0 Å². The highest BCUT2D eigenvalue weighted by molar-refractivity contribution is 7.08. The summed E-state index contributed by atoms with van der Waals surface area (Å²) >= 11 is 1.63. The monoisotopic (exact) mass is 314 g/mol. The summed E-state index contributed by atoms with van der Waals surface area (Å²) in [5, 5.41) is 7.40. The fourth-order valence-corrected chi connectivity index (χ4v) is 3.03. The zero-order chi connectivity index (χ0) is 15.7. The Kier molecular flexibility index (Phi) is 3.85. The quantitative estimate of drug-likeness (QED) is 0.805. The van der Waals surface area contributed by atoms with Gasteiger partial charge in [-0.15, -0.1) is 0 Å². The van der Waals surface area contributed by atoms with Crippen LogP contribution in [0.3, 0.4) is 0 Å². The average molecular weight is 314 g/mol. The van der Waals surface area contributed by atoms with Crippen molar-refractivity contribution in [2.75, 3.05) is 19.4 Å². The van der Waals surface area contributed by atoms with Crippen LogP contribution in [0.2, 0.25) is 0 Å². The van der Waals surface area contributed by atoms with Crippen molar-refractivity contribution in [1.29, 1.82) is 0 Å². The van der Waals surface area contributed by atoms with Crippen LogP contribution in [-0.2, 0) is 4.79 Å². The number of thiophene rings is 1. The van der Waals surface area contributed by atoms with Crippen LogP contribution < -0.4 is 5.32 Å². The lowest BCUT2D eigenvalue weighted by Crippen LogP contribution is -2.37. The van der Waals surface area contributed by atoms with E-state index in [9.17, 15) is 4.79 Å². The Morgan fingerprint density at radius 3 is 2.86 bits per heavy atom. The number of likely N-dealkylation sites (N-methyl/N-ethyl adjacent to an activating group) is 1. The lowest BCUT2D eigenvalue weighted by atomic mass is 10.2. The van der Waals surface area contributed by atoms with Crippen molar-refractivity contribution in [2.24, 2.45) is 0 Å². The number of fused-ring (bicyclic) bond motifs is 1. The smallest absolute Gasteiger partial charge is 0.244 e. The first-order valence-corrected chi connectivity index (χ1v) is 7.99. The maximum atomic E-state index is 12.1. The molecule has 1 N–H and O–H groups in total. The summed E-state index contributed by atoms with van der Waals surface area (Å²) < 4.78 is 1.98. The van der Waals surface area contributed by atoms with Crippen LogP contribution in [0.5, 0.6) is 0 Å². The second-order valence-electron chi connectivity index (χ2n) is 5.35. The van der Waals surface area contributed by atoms with Gasteiger partial charge in [-0.2, -0.15) is 11.3 Å². The number of nitrogens with zero attached hydrogens (tertiary/aromatic N) is 3. The van der Waals surface area contributed by atoms with Gasteiger partial charge in [-0.3, -0.25) is 9.20 Å². The molecule has 0 aliphatic carbocycles. The molecule has 0 aliphatic heterocycles. The Bertz CT molecular complexity index is 792. The van der Waals surface area contributed by atoms with E-state index >= 15 is 0 Å². The average Bonchev–Trinajstić information content (AvgIpc) is 3.14. The maximum absolute atomic E-state index is 12.1. The van der Waals surface area contributed by atoms with Crippen molar-refractivity contribution in [3.05, 3.63) is 41.2 Å². The van der Waals surface area contributed by atoms with Crippen molar-refractivity contribution >= 4 is 28.7 Å². The summed E-state index contributed by atoms with van der Waals surface area (Å²) in [6.07, 6.45) is 1.95. The Labute approximate surface area is 133 Å². The van der Waals surface area contributed by atoms with Crippen molar-refractivity contribution in [3.8, 4) is 11.3 Å². The second kappa shape index (κ2) is 5.81. The van der Waals surface area contributed by atoms with Gasteiger partial charge in [-0.1, -0.05) is 6.07 Å². The molecule has 1 atom stereocenters. The molecular weight excluding hydrogens is 296 g/mol. The van der Waals surface area contributed by atoms with E-state index in [2.05, 4.69) is 10.7 Å². The maximum Gasteiger partial charge on any atom is 0.244 e. The first-order valence-electron chi connectivity index (χ1n) is 7.05. The summed E-state index contributed by atoms with van der Waals surface area (Å²) in [6.45, 7) is 1.86. The minimum atomic E-state index is -0.326. The van der Waals surface area contributed by atoms with Crippen molar-refractivity contribution in [2.45, 2.75) is 13.0 Å². The number of nitrogens with one attached hydrogen (secondary N) is 1. The van der Waals surface area contributed by atoms with Crippen LogP contribution in [0.4, 0.5) is 5.82 Å². The van der Waals surface area contributed by atoms with Crippen LogP contribution in [0.15, 0.2) is 41.2 Å². The van der Waals surface area contributed by atoms with E-state index in [4.69, 9.17) is 4.98 Å². The van der Waals surface area contributed by atoms with Gasteiger partial charge in [-0.25, -0.2) is 4.98 Å². The largest absolute Gasteiger partial charge is 0.358 e. The number of aromatic nitrogens is 2. The molecule has 1 unspecified atom stereocenters. The van der Waals surface area contributed by atoms with E-state index in [1.165, 1.54) is 0 Å². The minimum Gasteiger partial charge on any atom is -0.358 e. The molecule has 0 saturated heterocycles. The molecule has 0 radical (unpaired) electrons. The highest BCUT2D eigenvalue weighted by Gasteiger charge is 2.20. The molecule has 0 aromatic carbocycles. The van der Waals surface area contributed by atoms with Gasteiger partial charge in [0.25, 0.3) is 0 Å². The summed E-state index contributed by atoms with van der Waals surface area (Å²) in [6, 6.07) is 7.58. The molecule has 3 heterocycles. The number of hydrogen-bond acceptors (Lipinski definition) is 4. The van der Waals surface area contributed by atoms with Crippen LogP contribution in [0.25, 0.3) is 16.9 Å². The van der Waals surface area contributed by atoms with Gasteiger partial charge in [0, 0.05) is 31.2 Å². The van der Waals surface area contributed by atoms with Gasteiger partial charge < -0.3 is 10.2 Å². The molecular formula is C16H18N4OS. The number of rotatable bonds is 4. The molecule has 1 amide bonds. The number of hydrogen-bond donors (Lipinski definition) is 1. The van der Waals surface area contributed by atoms with E-state index in [0.717, 1.165) is 22.7 Å². The predicted octanol–water partition coefficient (Wildman–Crippen LogP) is 2.95. The van der Waals surface area contributed by atoms with Gasteiger partial charge in [-0.05, 0) is 30.5 Å². The zero-order valence-electron chi connectivity index (χ0n) is 12.8. The summed E-state index contributed by atoms with van der Waals surface area (Å²) in [5.41, 5.74) is 2.78. The highest BCUT2D eigenvalue weighted by atomic mass is 32.1. The Balaban J connectivity index is 2.07. The third-order valence-electron chi connectivity index (χ3n) is 3.49. The third kappa shape index (κ3) is 2.57. The lowest BCUT2D eigenvalue weighted by Gasteiger charge is -2.19. The van der Waals surface area contributed by atoms with Crippen LogP contribution >= 0.6 is 11.3 Å². The van der Waals surface area contributed by atoms with Crippen LogP contribution in [-0.4, -0.2) is 40.3 Å². The van der Waals surface area contributed by atoms with E-state index in [1.54, 1.807) is 30.3 Å². The first kappa shape index (κ1) is 14.6. The predicted molar refractivity (Wildman–Crippen MR) is 90.3 cm³/mol. The Hall–Kier alpha value is -2.34. The van der Waals surface area contributed by atoms with Crippen molar-refractivity contribution in [3.63, 3.8) is 0 Å². The molecule has 3 rings (SSSR count). The number of pyridine rings is 1. The fourth-order valence-electron chi connectivity index (χ4n) is 2.39. The van der Waals surface area contributed by atoms with Crippen molar-refractivity contribution < 1.29 is 4.79 Å². The molecule has 22 heavy (non-hydrogen) atoms. The molecule has 5 nitrogen and oxygen atoms in total. The number of anilines is 1. The first-order chi connectivity index (χ1) is 10.6. The van der Waals surface area contributed by atoms with E-state index in [1.807, 2.05) is 47.2 Å². The topological polar surface area (TPSA) is 49.6 Å². The standard InChI is InChI=1S/C16H18N4OS/c1-11(16(21)19(2)3)17-15-14(12-7-9-22-10-12)18-13-6-4-5-8-20(13)15/h4-11,17H,1-3H3. The highest BCUT2D eigenvalue weighted by Crippen LogP contribution is 2.30. The molecule has 0 bridgehead atoms. The molecule has 0 saturated carbocycles. The van der Waals surface area contributed by atoms with Crippen LogP contribution in [0.1, 0.15) is 6.92 Å². The minimum absolute atomic E-state index is 0.0298. The number of carbonyl (C=O) groups is 1. The number of imidazole rings is 1. The Morgan fingerprint density at radius 2 is 2.18 bits per heavy atom.